The lowest BCUT2D eigenvalue weighted by molar-refractivity contribution is -0.127. The number of amides is 1. The van der Waals surface area contributed by atoms with E-state index in [2.05, 4.69) is 33.2 Å². The number of fused-ring (bicyclic) bond motifs is 1. The Morgan fingerprint density at radius 1 is 1.41 bits per heavy atom. The number of rotatable bonds is 3. The van der Waals surface area contributed by atoms with Crippen molar-refractivity contribution in [3.63, 3.8) is 0 Å². The summed E-state index contributed by atoms with van der Waals surface area (Å²) in [5.74, 6) is 1.14. The van der Waals surface area contributed by atoms with E-state index >= 15 is 0 Å². The molecule has 3 rings (SSSR count). The molecule has 0 bridgehead atoms. The highest BCUT2D eigenvalue weighted by Crippen LogP contribution is 2.33. The molecule has 118 valence electrons. The van der Waals surface area contributed by atoms with Gasteiger partial charge in [-0.15, -0.1) is 11.3 Å². The largest absolute Gasteiger partial charge is 0.354 e. The summed E-state index contributed by atoms with van der Waals surface area (Å²) in [5, 5.41) is 4.16. The molecule has 1 N–H and O–H groups in total. The van der Waals surface area contributed by atoms with E-state index in [4.69, 9.17) is 0 Å². The SMILES string of the molecule is CCc1cc2c(N3CC(C(=O)NC(C)(C)C)C3)ncnc2s1. The van der Waals surface area contributed by atoms with Gasteiger partial charge in [0.05, 0.1) is 11.3 Å². The minimum absolute atomic E-state index is 0.0496. The summed E-state index contributed by atoms with van der Waals surface area (Å²) >= 11 is 1.72. The second-order valence-electron chi connectivity index (χ2n) is 6.82. The topological polar surface area (TPSA) is 58.1 Å². The van der Waals surface area contributed by atoms with Gasteiger partial charge in [-0.25, -0.2) is 9.97 Å². The maximum atomic E-state index is 12.2. The molecule has 2 aromatic heterocycles. The first-order valence-corrected chi connectivity index (χ1v) is 8.49. The van der Waals surface area contributed by atoms with Gasteiger partial charge in [0.15, 0.2) is 0 Å². The van der Waals surface area contributed by atoms with Crippen molar-refractivity contribution in [1.82, 2.24) is 15.3 Å². The van der Waals surface area contributed by atoms with Crippen LogP contribution in [0.4, 0.5) is 5.82 Å². The monoisotopic (exact) mass is 318 g/mol. The number of anilines is 1. The van der Waals surface area contributed by atoms with Crippen LogP contribution in [0.1, 0.15) is 32.6 Å². The van der Waals surface area contributed by atoms with Crippen LogP contribution in [0, 0.1) is 5.92 Å². The lowest BCUT2D eigenvalue weighted by Crippen LogP contribution is -2.56. The summed E-state index contributed by atoms with van der Waals surface area (Å²) in [6, 6.07) is 2.18. The number of nitrogens with zero attached hydrogens (tertiary/aromatic N) is 3. The quantitative estimate of drug-likeness (QED) is 0.945. The van der Waals surface area contributed by atoms with E-state index in [0.29, 0.717) is 0 Å². The van der Waals surface area contributed by atoms with Crippen LogP contribution in [-0.4, -0.2) is 34.5 Å². The predicted molar refractivity (Wildman–Crippen MR) is 90.4 cm³/mol. The van der Waals surface area contributed by atoms with Gasteiger partial charge in [0.25, 0.3) is 0 Å². The Labute approximate surface area is 134 Å². The Hall–Kier alpha value is -1.69. The Balaban J connectivity index is 1.73. The molecule has 1 fully saturated rings. The average molecular weight is 318 g/mol. The predicted octanol–water partition coefficient (Wildman–Crippen LogP) is 2.60. The molecule has 5 nitrogen and oxygen atoms in total. The van der Waals surface area contributed by atoms with Gasteiger partial charge < -0.3 is 10.2 Å². The first-order chi connectivity index (χ1) is 10.4. The third kappa shape index (κ3) is 2.92. The minimum Gasteiger partial charge on any atom is -0.354 e. The van der Waals surface area contributed by atoms with E-state index in [-0.39, 0.29) is 17.4 Å². The van der Waals surface area contributed by atoms with Gasteiger partial charge in [0, 0.05) is 23.5 Å². The van der Waals surface area contributed by atoms with E-state index in [1.165, 1.54) is 4.88 Å². The van der Waals surface area contributed by atoms with Crippen molar-refractivity contribution in [1.29, 1.82) is 0 Å². The molecular formula is C16H22N4OS. The van der Waals surface area contributed by atoms with Crippen molar-refractivity contribution in [2.45, 2.75) is 39.7 Å². The third-order valence-electron chi connectivity index (χ3n) is 3.76. The van der Waals surface area contributed by atoms with Crippen molar-refractivity contribution in [3.8, 4) is 0 Å². The highest BCUT2D eigenvalue weighted by atomic mass is 32.1. The van der Waals surface area contributed by atoms with Crippen LogP contribution >= 0.6 is 11.3 Å². The molecule has 0 spiro atoms. The van der Waals surface area contributed by atoms with E-state index in [0.717, 1.165) is 35.5 Å². The highest BCUT2D eigenvalue weighted by molar-refractivity contribution is 7.18. The number of thiophene rings is 1. The van der Waals surface area contributed by atoms with Crippen LogP contribution in [0.3, 0.4) is 0 Å². The van der Waals surface area contributed by atoms with E-state index in [1.54, 1.807) is 17.7 Å². The van der Waals surface area contributed by atoms with E-state index in [1.807, 2.05) is 20.8 Å². The number of hydrogen-bond acceptors (Lipinski definition) is 5. The normalized spacial score (nSPS) is 15.9. The zero-order valence-electron chi connectivity index (χ0n) is 13.5. The molecule has 0 radical (unpaired) electrons. The van der Waals surface area contributed by atoms with Gasteiger partial charge in [0.1, 0.15) is 17.0 Å². The van der Waals surface area contributed by atoms with Crippen LogP contribution in [-0.2, 0) is 11.2 Å². The maximum absolute atomic E-state index is 12.2. The first kappa shape index (κ1) is 15.2. The molecule has 0 atom stereocenters. The van der Waals surface area contributed by atoms with Crippen LogP contribution in [0.25, 0.3) is 10.2 Å². The van der Waals surface area contributed by atoms with Crippen LogP contribution < -0.4 is 10.2 Å². The number of carbonyl (C=O) groups excluding carboxylic acids is 1. The molecule has 1 amide bonds. The fraction of sp³-hybridized carbons (Fsp3) is 0.562. The van der Waals surface area contributed by atoms with Crippen molar-refractivity contribution < 1.29 is 4.79 Å². The van der Waals surface area contributed by atoms with Crippen molar-refractivity contribution in [2.75, 3.05) is 18.0 Å². The molecule has 0 unspecified atom stereocenters. The molecule has 0 aromatic carbocycles. The highest BCUT2D eigenvalue weighted by Gasteiger charge is 2.35. The van der Waals surface area contributed by atoms with Crippen LogP contribution in [0.2, 0.25) is 0 Å². The Morgan fingerprint density at radius 3 is 2.77 bits per heavy atom. The molecule has 0 aliphatic carbocycles. The zero-order chi connectivity index (χ0) is 15.9. The second-order valence-corrected chi connectivity index (χ2v) is 7.94. The summed E-state index contributed by atoms with van der Waals surface area (Å²) in [5.41, 5.74) is -0.178. The van der Waals surface area contributed by atoms with Gasteiger partial charge in [0.2, 0.25) is 5.91 Å². The Kier molecular flexibility index (Phi) is 3.80. The molecule has 22 heavy (non-hydrogen) atoms. The van der Waals surface area contributed by atoms with Gasteiger partial charge in [-0.1, -0.05) is 6.92 Å². The number of carbonyl (C=O) groups is 1. The summed E-state index contributed by atoms with van der Waals surface area (Å²) in [4.78, 5) is 25.5. The van der Waals surface area contributed by atoms with Crippen molar-refractivity contribution >= 4 is 33.3 Å². The lowest BCUT2D eigenvalue weighted by Gasteiger charge is -2.40. The van der Waals surface area contributed by atoms with E-state index in [9.17, 15) is 4.79 Å². The summed E-state index contributed by atoms with van der Waals surface area (Å²) in [6.45, 7) is 9.62. The fourth-order valence-electron chi connectivity index (χ4n) is 2.61. The molecule has 6 heteroatoms. The number of aromatic nitrogens is 2. The molecule has 1 saturated heterocycles. The van der Waals surface area contributed by atoms with E-state index < -0.39 is 0 Å². The zero-order valence-corrected chi connectivity index (χ0v) is 14.3. The third-order valence-corrected chi connectivity index (χ3v) is 4.95. The Morgan fingerprint density at radius 2 is 2.14 bits per heavy atom. The molecular weight excluding hydrogens is 296 g/mol. The number of nitrogens with one attached hydrogen (secondary N) is 1. The van der Waals surface area contributed by atoms with Crippen molar-refractivity contribution in [2.24, 2.45) is 5.92 Å². The molecule has 1 aliphatic heterocycles. The minimum atomic E-state index is -0.178. The molecule has 3 heterocycles. The van der Waals surface area contributed by atoms with Gasteiger partial charge >= 0.3 is 0 Å². The number of aryl methyl sites for hydroxylation is 1. The van der Waals surface area contributed by atoms with Gasteiger partial charge in [-0.05, 0) is 33.3 Å². The van der Waals surface area contributed by atoms with Crippen LogP contribution in [0.15, 0.2) is 12.4 Å². The maximum Gasteiger partial charge on any atom is 0.227 e. The summed E-state index contributed by atoms with van der Waals surface area (Å²) in [6.07, 6.45) is 2.63. The van der Waals surface area contributed by atoms with Gasteiger partial charge in [-0.3, -0.25) is 4.79 Å². The summed E-state index contributed by atoms with van der Waals surface area (Å²) < 4.78 is 0. The Bertz CT molecular complexity index is 698. The fourth-order valence-corrected chi connectivity index (χ4v) is 3.54. The average Bonchev–Trinajstić information content (AvgIpc) is 2.78. The standard InChI is InChI=1S/C16H22N4OS/c1-5-11-6-12-13(17-9-18-15(12)22-11)20-7-10(8-20)14(21)19-16(2,3)4/h6,9-10H,5,7-8H2,1-4H3,(H,19,21). The second kappa shape index (κ2) is 5.50. The summed E-state index contributed by atoms with van der Waals surface area (Å²) in [7, 11) is 0. The van der Waals surface area contributed by atoms with Gasteiger partial charge in [-0.2, -0.15) is 0 Å². The molecule has 1 aliphatic rings. The molecule has 0 saturated carbocycles. The smallest absolute Gasteiger partial charge is 0.227 e. The lowest BCUT2D eigenvalue weighted by atomic mass is 9.97. The van der Waals surface area contributed by atoms with Crippen molar-refractivity contribution in [3.05, 3.63) is 17.3 Å². The first-order valence-electron chi connectivity index (χ1n) is 7.68. The molecule has 2 aromatic rings. The van der Waals surface area contributed by atoms with Crippen LogP contribution in [0.5, 0.6) is 0 Å². The number of hydrogen-bond donors (Lipinski definition) is 1.